The number of hydrogen-bond acceptors (Lipinski definition) is 6. The van der Waals surface area contributed by atoms with Crippen LogP contribution in [0.1, 0.15) is 53.4 Å². The van der Waals surface area contributed by atoms with E-state index in [-0.39, 0.29) is 24.9 Å². The minimum Gasteiger partial charge on any atom is -0.459 e. The van der Waals surface area contributed by atoms with Crippen LogP contribution in [0.5, 0.6) is 0 Å². The van der Waals surface area contributed by atoms with E-state index in [0.717, 1.165) is 33.2 Å². The van der Waals surface area contributed by atoms with Gasteiger partial charge in [0, 0.05) is 29.9 Å². The van der Waals surface area contributed by atoms with E-state index in [1.807, 2.05) is 60.7 Å². The monoisotopic (exact) mass is 534 g/mol. The predicted molar refractivity (Wildman–Crippen MR) is 151 cm³/mol. The Bertz CT molecular complexity index is 1660. The van der Waals surface area contributed by atoms with Crippen LogP contribution in [0.4, 0.5) is 5.82 Å². The summed E-state index contributed by atoms with van der Waals surface area (Å²) in [5, 5.41) is 3.75. The molecule has 1 aliphatic carbocycles. The zero-order chi connectivity index (χ0) is 28.1. The number of rotatable bonds is 5. The van der Waals surface area contributed by atoms with Gasteiger partial charge in [-0.3, -0.25) is 19.4 Å². The lowest BCUT2D eigenvalue weighted by Gasteiger charge is -2.25. The molecule has 8 heteroatoms. The van der Waals surface area contributed by atoms with Gasteiger partial charge in [0.25, 0.3) is 5.91 Å². The number of esters is 1. The molecule has 1 spiro atoms. The number of carbonyl (C=O) groups excluding carboxylic acids is 3. The number of aromatic nitrogens is 2. The van der Waals surface area contributed by atoms with Crippen molar-refractivity contribution in [3.05, 3.63) is 101 Å². The molecule has 0 fully saturated rings. The maximum atomic E-state index is 13.7. The Labute approximate surface area is 232 Å². The summed E-state index contributed by atoms with van der Waals surface area (Å²) in [4.78, 5) is 50.0. The molecule has 2 aliphatic rings. The number of benzene rings is 2. The van der Waals surface area contributed by atoms with Gasteiger partial charge in [-0.15, -0.1) is 0 Å². The first-order chi connectivity index (χ1) is 19.1. The molecular weight excluding hydrogens is 504 g/mol. The minimum absolute atomic E-state index is 0.0380. The molecule has 1 aliphatic heterocycles. The van der Waals surface area contributed by atoms with Gasteiger partial charge in [0.2, 0.25) is 5.91 Å². The Balaban J connectivity index is 1.30. The molecule has 202 valence electrons. The molecule has 8 nitrogen and oxygen atoms in total. The predicted octanol–water partition coefficient (Wildman–Crippen LogP) is 4.60. The highest BCUT2D eigenvalue weighted by Crippen LogP contribution is 2.47. The van der Waals surface area contributed by atoms with Crippen molar-refractivity contribution in [3.8, 4) is 0 Å². The first kappa shape index (κ1) is 25.7. The van der Waals surface area contributed by atoms with Crippen LogP contribution in [0, 0.1) is 0 Å². The molecular formula is C32H30N4O4. The molecule has 0 bridgehead atoms. The second kappa shape index (κ2) is 9.55. The molecule has 6 rings (SSSR count). The largest absolute Gasteiger partial charge is 0.459 e. The van der Waals surface area contributed by atoms with Crippen LogP contribution in [-0.2, 0) is 39.1 Å². The second-order valence-electron chi connectivity index (χ2n) is 11.6. The molecule has 40 heavy (non-hydrogen) atoms. The summed E-state index contributed by atoms with van der Waals surface area (Å²) in [6.45, 7) is 5.47. The second-order valence-corrected chi connectivity index (χ2v) is 11.6. The summed E-state index contributed by atoms with van der Waals surface area (Å²) in [7, 11) is 0. The number of anilines is 1. The maximum Gasteiger partial charge on any atom is 0.326 e. The first-order valence-electron chi connectivity index (χ1n) is 13.3. The summed E-state index contributed by atoms with van der Waals surface area (Å²) < 4.78 is 5.51. The number of nitrogens with zero attached hydrogens (tertiary/aromatic N) is 3. The highest BCUT2D eigenvalue weighted by atomic mass is 16.6. The van der Waals surface area contributed by atoms with Crippen LogP contribution >= 0.6 is 0 Å². The average Bonchev–Trinajstić information content (AvgIpc) is 3.42. The summed E-state index contributed by atoms with van der Waals surface area (Å²) in [6, 6.07) is 19.2. The van der Waals surface area contributed by atoms with Gasteiger partial charge in [0.05, 0.1) is 16.5 Å². The SMILES string of the molecule is CC(C)(C)OC(=O)CN(Cc1ccccc1)C(=O)c1cnc2cc3c(cc2c1)C[C@@]1(C3)C(=O)Nc2ncccc21. The fraction of sp³-hybridized carbons (Fsp3) is 0.281. The Morgan fingerprint density at radius 2 is 1.75 bits per heavy atom. The van der Waals surface area contributed by atoms with Crippen molar-refractivity contribution in [1.82, 2.24) is 14.9 Å². The molecule has 1 atom stereocenters. The average molecular weight is 535 g/mol. The van der Waals surface area contributed by atoms with E-state index in [1.54, 1.807) is 33.2 Å². The van der Waals surface area contributed by atoms with Gasteiger partial charge in [-0.05, 0) is 74.6 Å². The smallest absolute Gasteiger partial charge is 0.326 e. The fourth-order valence-corrected chi connectivity index (χ4v) is 5.73. The normalized spacial score (nSPS) is 17.4. The Morgan fingerprint density at radius 3 is 2.50 bits per heavy atom. The highest BCUT2D eigenvalue weighted by Gasteiger charge is 2.51. The minimum atomic E-state index is -0.679. The van der Waals surface area contributed by atoms with Crippen molar-refractivity contribution >= 4 is 34.5 Å². The molecule has 0 radical (unpaired) electrons. The van der Waals surface area contributed by atoms with Crippen molar-refractivity contribution in [2.45, 2.75) is 51.2 Å². The van der Waals surface area contributed by atoms with Gasteiger partial charge in [-0.25, -0.2) is 4.98 Å². The molecule has 0 saturated heterocycles. The molecule has 4 aromatic rings. The van der Waals surface area contributed by atoms with Gasteiger partial charge in [0.1, 0.15) is 18.0 Å². The van der Waals surface area contributed by atoms with Gasteiger partial charge in [0.15, 0.2) is 0 Å². The third kappa shape index (κ3) is 4.70. The lowest BCUT2D eigenvalue weighted by Crippen LogP contribution is -2.38. The van der Waals surface area contributed by atoms with E-state index in [2.05, 4.69) is 15.3 Å². The van der Waals surface area contributed by atoms with Crippen LogP contribution < -0.4 is 5.32 Å². The van der Waals surface area contributed by atoms with Crippen molar-refractivity contribution in [2.75, 3.05) is 11.9 Å². The third-order valence-corrected chi connectivity index (χ3v) is 7.47. The summed E-state index contributed by atoms with van der Waals surface area (Å²) >= 11 is 0. The van der Waals surface area contributed by atoms with Gasteiger partial charge < -0.3 is 15.0 Å². The number of carbonyl (C=O) groups is 3. The molecule has 2 amide bonds. The summed E-state index contributed by atoms with van der Waals surface area (Å²) in [5.74, 6) is -0.196. The molecule has 1 N–H and O–H groups in total. The van der Waals surface area contributed by atoms with Gasteiger partial charge in [-0.2, -0.15) is 0 Å². The lowest BCUT2D eigenvalue weighted by atomic mass is 9.79. The maximum absolute atomic E-state index is 13.7. The number of amides is 2. The summed E-state index contributed by atoms with van der Waals surface area (Å²) in [5.41, 5.74) is 3.74. The number of hydrogen-bond donors (Lipinski definition) is 1. The summed E-state index contributed by atoms with van der Waals surface area (Å²) in [6.07, 6.45) is 4.36. The Hall–Kier alpha value is -4.59. The van der Waals surface area contributed by atoms with Crippen LogP contribution in [0.2, 0.25) is 0 Å². The van der Waals surface area contributed by atoms with Crippen molar-refractivity contribution < 1.29 is 19.1 Å². The van der Waals surface area contributed by atoms with Crippen molar-refractivity contribution in [3.63, 3.8) is 0 Å². The molecule has 0 saturated carbocycles. The quantitative estimate of drug-likeness (QED) is 0.376. The van der Waals surface area contributed by atoms with Crippen LogP contribution in [0.3, 0.4) is 0 Å². The topological polar surface area (TPSA) is 101 Å². The fourth-order valence-electron chi connectivity index (χ4n) is 5.73. The number of nitrogens with one attached hydrogen (secondary N) is 1. The number of pyridine rings is 2. The van der Waals surface area contributed by atoms with Crippen LogP contribution in [-0.4, -0.2) is 44.8 Å². The molecule has 2 aromatic heterocycles. The first-order valence-corrected chi connectivity index (χ1v) is 13.3. The molecule has 2 aromatic carbocycles. The van der Waals surface area contributed by atoms with E-state index < -0.39 is 17.0 Å². The number of ether oxygens (including phenoxy) is 1. The Morgan fingerprint density at radius 1 is 1.00 bits per heavy atom. The Kier molecular flexibility index (Phi) is 6.13. The number of fused-ring (bicyclic) bond motifs is 4. The lowest BCUT2D eigenvalue weighted by molar-refractivity contribution is -0.155. The van der Waals surface area contributed by atoms with Crippen molar-refractivity contribution in [1.29, 1.82) is 0 Å². The van der Waals surface area contributed by atoms with Crippen LogP contribution in [0.25, 0.3) is 10.9 Å². The van der Waals surface area contributed by atoms with E-state index in [4.69, 9.17) is 4.74 Å². The van der Waals surface area contributed by atoms with Crippen molar-refractivity contribution in [2.24, 2.45) is 0 Å². The zero-order valence-electron chi connectivity index (χ0n) is 22.7. The highest BCUT2D eigenvalue weighted by molar-refractivity contribution is 6.06. The standard InChI is InChI=1S/C32H30N4O4/c1-31(2,3)40-27(37)19-36(18-20-8-5-4-6-9-20)29(38)24-13-21-12-22-15-32(16-23(22)14-26(21)34-17-24)25-10-7-11-33-28(25)35-30(32)39/h4-14,17H,15-16,18-19H2,1-3H3,(H,33,35,39)/t32-/m0/s1. The van der Waals surface area contributed by atoms with E-state index in [1.165, 1.54) is 4.90 Å². The van der Waals surface area contributed by atoms with Gasteiger partial charge >= 0.3 is 5.97 Å². The zero-order valence-corrected chi connectivity index (χ0v) is 22.7. The van der Waals surface area contributed by atoms with E-state index >= 15 is 0 Å². The third-order valence-electron chi connectivity index (χ3n) is 7.47. The van der Waals surface area contributed by atoms with E-state index in [0.29, 0.717) is 24.2 Å². The van der Waals surface area contributed by atoms with Gasteiger partial charge in [-0.1, -0.05) is 36.4 Å². The van der Waals surface area contributed by atoms with E-state index in [9.17, 15) is 14.4 Å². The van der Waals surface area contributed by atoms with Crippen LogP contribution in [0.15, 0.2) is 73.1 Å². The molecule has 0 unspecified atom stereocenters. The molecule has 3 heterocycles.